The molecule has 0 amide bonds. The van der Waals surface area contributed by atoms with Gasteiger partial charge in [0.15, 0.2) is 6.29 Å². The number of aldehydes is 1. The van der Waals surface area contributed by atoms with Crippen LogP contribution in [0.25, 0.3) is 30.5 Å². The zero-order valence-corrected chi connectivity index (χ0v) is 22.5. The molecule has 8 heteroatoms. The second-order valence-electron chi connectivity index (χ2n) is 8.15. The molecule has 4 nitrogen and oxygen atoms in total. The van der Waals surface area contributed by atoms with E-state index < -0.39 is 0 Å². The van der Waals surface area contributed by atoms with Crippen LogP contribution in [0.4, 0.5) is 0 Å². The minimum absolute atomic E-state index is 0.756. The standard InChI is InChI=1S/C28H20N2O2S4/c1-32-22-15-25(21-7-3-5-9-30-21)36-26(22)12-19-14-28-27(34-19)13-18(33-28)11-23-17(16-31)10-24(35-23)20-6-2-4-8-29-20/h2-10,13-16H,11-12H2,1H3. The van der Waals surface area contributed by atoms with E-state index in [1.54, 1.807) is 36.0 Å². The molecule has 0 unspecified atom stereocenters. The number of hydrogen-bond donors (Lipinski definition) is 0. The maximum absolute atomic E-state index is 11.7. The molecule has 0 saturated heterocycles. The van der Waals surface area contributed by atoms with E-state index in [0.29, 0.717) is 0 Å². The van der Waals surface area contributed by atoms with Crippen molar-refractivity contribution in [3.05, 3.63) is 98.1 Å². The summed E-state index contributed by atoms with van der Waals surface area (Å²) < 4.78 is 8.26. The van der Waals surface area contributed by atoms with Gasteiger partial charge >= 0.3 is 0 Å². The van der Waals surface area contributed by atoms with Crippen molar-refractivity contribution in [2.45, 2.75) is 12.8 Å². The van der Waals surface area contributed by atoms with Gasteiger partial charge in [-0.15, -0.1) is 45.3 Å². The Hall–Kier alpha value is -3.17. The quantitative estimate of drug-likeness (QED) is 0.181. The molecule has 0 spiro atoms. The van der Waals surface area contributed by atoms with Crippen LogP contribution in [0.15, 0.2) is 73.1 Å². The van der Waals surface area contributed by atoms with Crippen molar-refractivity contribution in [3.63, 3.8) is 0 Å². The molecule has 0 aromatic carbocycles. The summed E-state index contributed by atoms with van der Waals surface area (Å²) in [6.45, 7) is 0. The van der Waals surface area contributed by atoms with Crippen molar-refractivity contribution in [1.82, 2.24) is 9.97 Å². The molecule has 0 saturated carbocycles. The van der Waals surface area contributed by atoms with Crippen LogP contribution in [0.1, 0.15) is 29.9 Å². The van der Waals surface area contributed by atoms with Crippen LogP contribution in [0.2, 0.25) is 0 Å². The van der Waals surface area contributed by atoms with Crippen molar-refractivity contribution < 1.29 is 9.53 Å². The van der Waals surface area contributed by atoms with Crippen LogP contribution in [-0.4, -0.2) is 23.4 Å². The summed E-state index contributed by atoms with van der Waals surface area (Å²) in [4.78, 5) is 27.7. The van der Waals surface area contributed by atoms with Crippen molar-refractivity contribution in [2.24, 2.45) is 0 Å². The van der Waals surface area contributed by atoms with E-state index in [4.69, 9.17) is 4.74 Å². The molecule has 6 rings (SSSR count). The number of aromatic nitrogens is 2. The molecule has 36 heavy (non-hydrogen) atoms. The van der Waals surface area contributed by atoms with Crippen LogP contribution in [0.5, 0.6) is 5.75 Å². The topological polar surface area (TPSA) is 52.1 Å². The van der Waals surface area contributed by atoms with E-state index in [9.17, 15) is 4.79 Å². The summed E-state index contributed by atoms with van der Waals surface area (Å²) in [5.74, 6) is 0.917. The third-order valence-electron chi connectivity index (χ3n) is 5.77. The zero-order chi connectivity index (χ0) is 24.5. The van der Waals surface area contributed by atoms with Gasteiger partial charge in [0.25, 0.3) is 0 Å². The summed E-state index contributed by atoms with van der Waals surface area (Å²) in [5.41, 5.74) is 2.63. The van der Waals surface area contributed by atoms with Crippen LogP contribution in [-0.2, 0) is 12.8 Å². The number of pyridine rings is 2. The normalized spacial score (nSPS) is 11.2. The minimum Gasteiger partial charge on any atom is -0.496 e. The van der Waals surface area contributed by atoms with E-state index in [-0.39, 0.29) is 0 Å². The molecule has 0 aliphatic carbocycles. The first-order valence-corrected chi connectivity index (χ1v) is 14.6. The Morgan fingerprint density at radius 2 is 1.33 bits per heavy atom. The average Bonchev–Trinajstić information content (AvgIpc) is 3.68. The fraction of sp³-hybridized carbons (Fsp3) is 0.107. The molecule has 0 atom stereocenters. The molecule has 0 fully saturated rings. The highest BCUT2D eigenvalue weighted by Crippen LogP contribution is 2.41. The lowest BCUT2D eigenvalue weighted by Gasteiger charge is -2.00. The molecule has 6 aromatic rings. The highest BCUT2D eigenvalue weighted by molar-refractivity contribution is 7.28. The van der Waals surface area contributed by atoms with Gasteiger partial charge in [0.1, 0.15) is 5.75 Å². The van der Waals surface area contributed by atoms with E-state index in [1.165, 1.54) is 24.0 Å². The number of hydrogen-bond acceptors (Lipinski definition) is 8. The lowest BCUT2D eigenvalue weighted by Crippen LogP contribution is -1.86. The number of fused-ring (bicyclic) bond motifs is 1. The van der Waals surface area contributed by atoms with Crippen LogP contribution in [0, 0.1) is 0 Å². The Bertz CT molecular complexity index is 1610. The molecule has 0 N–H and O–H groups in total. The lowest BCUT2D eigenvalue weighted by molar-refractivity contribution is 0.112. The Labute approximate surface area is 224 Å². The first kappa shape index (κ1) is 23.2. The van der Waals surface area contributed by atoms with Gasteiger partial charge in [-0.2, -0.15) is 0 Å². The van der Waals surface area contributed by atoms with E-state index >= 15 is 0 Å². The molecular weight excluding hydrogens is 525 g/mol. The van der Waals surface area contributed by atoms with Crippen molar-refractivity contribution in [2.75, 3.05) is 7.11 Å². The zero-order valence-electron chi connectivity index (χ0n) is 19.3. The number of thiophene rings is 4. The molecule has 0 bridgehead atoms. The highest BCUT2D eigenvalue weighted by atomic mass is 32.1. The first-order chi connectivity index (χ1) is 17.7. The van der Waals surface area contributed by atoms with E-state index in [1.807, 2.05) is 71.3 Å². The van der Waals surface area contributed by atoms with Gasteiger partial charge < -0.3 is 4.74 Å². The van der Waals surface area contributed by atoms with Gasteiger partial charge in [-0.3, -0.25) is 14.8 Å². The van der Waals surface area contributed by atoms with Gasteiger partial charge in [0.05, 0.1) is 33.1 Å². The van der Waals surface area contributed by atoms with E-state index in [0.717, 1.165) is 56.5 Å². The Morgan fingerprint density at radius 1 is 0.750 bits per heavy atom. The van der Waals surface area contributed by atoms with Gasteiger partial charge in [0, 0.05) is 60.9 Å². The summed E-state index contributed by atoms with van der Waals surface area (Å²) in [7, 11) is 1.73. The summed E-state index contributed by atoms with van der Waals surface area (Å²) in [6, 6.07) is 20.4. The molecule has 0 aliphatic rings. The number of ether oxygens (including phenoxy) is 1. The third kappa shape index (κ3) is 4.65. The smallest absolute Gasteiger partial charge is 0.151 e. The van der Waals surface area contributed by atoms with Crippen molar-refractivity contribution in [3.8, 4) is 26.9 Å². The van der Waals surface area contributed by atoms with Gasteiger partial charge in [-0.05, 0) is 42.5 Å². The average molecular weight is 545 g/mol. The molecule has 178 valence electrons. The monoisotopic (exact) mass is 544 g/mol. The van der Waals surface area contributed by atoms with E-state index in [2.05, 4.69) is 28.2 Å². The van der Waals surface area contributed by atoms with Gasteiger partial charge in [-0.1, -0.05) is 12.1 Å². The molecule has 0 aliphatic heterocycles. The summed E-state index contributed by atoms with van der Waals surface area (Å²) in [5, 5.41) is 0. The van der Waals surface area contributed by atoms with Crippen molar-refractivity contribution >= 4 is 61.0 Å². The fourth-order valence-corrected chi connectivity index (χ4v) is 9.00. The first-order valence-electron chi connectivity index (χ1n) is 11.3. The molecule has 6 heterocycles. The third-order valence-corrected chi connectivity index (χ3v) is 10.4. The number of rotatable bonds is 8. The van der Waals surface area contributed by atoms with Crippen LogP contribution >= 0.6 is 45.3 Å². The number of carbonyl (C=O) groups is 1. The molecule has 0 radical (unpaired) electrons. The van der Waals surface area contributed by atoms with Gasteiger partial charge in [-0.25, -0.2) is 0 Å². The minimum atomic E-state index is 0.756. The predicted molar refractivity (Wildman–Crippen MR) is 152 cm³/mol. The second kappa shape index (κ2) is 10.1. The largest absolute Gasteiger partial charge is 0.496 e. The fourth-order valence-electron chi connectivity index (χ4n) is 4.08. The lowest BCUT2D eigenvalue weighted by atomic mass is 10.2. The van der Waals surface area contributed by atoms with Crippen LogP contribution < -0.4 is 4.74 Å². The predicted octanol–water partition coefficient (Wildman–Crippen LogP) is 8.21. The number of nitrogens with zero attached hydrogens (tertiary/aromatic N) is 2. The highest BCUT2D eigenvalue weighted by Gasteiger charge is 2.16. The van der Waals surface area contributed by atoms with Crippen LogP contribution in [0.3, 0.4) is 0 Å². The second-order valence-corrected chi connectivity index (χ2v) is 12.8. The Kier molecular flexibility index (Phi) is 6.50. The Morgan fingerprint density at radius 3 is 1.89 bits per heavy atom. The van der Waals surface area contributed by atoms with Gasteiger partial charge in [0.2, 0.25) is 0 Å². The molecule has 6 aromatic heterocycles. The van der Waals surface area contributed by atoms with Crippen molar-refractivity contribution in [1.29, 1.82) is 0 Å². The summed E-state index contributed by atoms with van der Waals surface area (Å²) in [6.07, 6.45) is 6.17. The number of carbonyl (C=O) groups excluding carboxylic acids is 1. The SMILES string of the molecule is COc1cc(-c2ccccn2)sc1Cc1cc2sc(Cc3sc(-c4ccccn4)cc3C=O)cc2s1. The maximum atomic E-state index is 11.7. The number of methoxy groups -OCH3 is 1. The summed E-state index contributed by atoms with van der Waals surface area (Å²) >= 11 is 7.03. The molecular formula is C28H20N2O2S4. The maximum Gasteiger partial charge on any atom is 0.151 e. The Balaban J connectivity index is 1.22.